The molecule has 0 aliphatic rings. The lowest BCUT2D eigenvalue weighted by Gasteiger charge is -2.03. The minimum Gasteiger partial charge on any atom is -0.291 e. The monoisotopic (exact) mass is 183 g/mol. The summed E-state index contributed by atoms with van der Waals surface area (Å²) in [5.41, 5.74) is 0.223. The van der Waals surface area contributed by atoms with Crippen LogP contribution in [0.25, 0.3) is 0 Å². The molecule has 0 fully saturated rings. The predicted molar refractivity (Wildman–Crippen MR) is 54.0 cm³/mol. The van der Waals surface area contributed by atoms with E-state index in [1.54, 1.807) is 0 Å². The standard InChI is InChI=1S/C8H13N3S/c1-6(2)5-12-8(10)7(4-9)11-3/h6,10H,5H2,1-3H3. The highest BCUT2D eigenvalue weighted by molar-refractivity contribution is 8.15. The Labute approximate surface area is 77.4 Å². The molecule has 12 heavy (non-hydrogen) atoms. The summed E-state index contributed by atoms with van der Waals surface area (Å²) in [7, 11) is 1.53. The van der Waals surface area contributed by atoms with Crippen molar-refractivity contribution in [1.29, 1.82) is 10.7 Å². The van der Waals surface area contributed by atoms with Gasteiger partial charge in [0.05, 0.1) is 0 Å². The Balaban J connectivity index is 3.98. The summed E-state index contributed by atoms with van der Waals surface area (Å²) in [5, 5.41) is 16.2. The van der Waals surface area contributed by atoms with E-state index >= 15 is 0 Å². The second kappa shape index (κ2) is 5.78. The Hall–Kier alpha value is -0.820. The van der Waals surface area contributed by atoms with Crippen LogP contribution in [0.3, 0.4) is 0 Å². The molecule has 0 bridgehead atoms. The van der Waals surface area contributed by atoms with Gasteiger partial charge < -0.3 is 0 Å². The van der Waals surface area contributed by atoms with Gasteiger partial charge in [-0.05, 0) is 5.92 Å². The second-order valence-electron chi connectivity index (χ2n) is 2.72. The van der Waals surface area contributed by atoms with Crippen molar-refractivity contribution in [2.24, 2.45) is 10.9 Å². The van der Waals surface area contributed by atoms with E-state index in [1.165, 1.54) is 18.8 Å². The van der Waals surface area contributed by atoms with Gasteiger partial charge in [-0.3, -0.25) is 10.4 Å². The van der Waals surface area contributed by atoms with Gasteiger partial charge in [0.1, 0.15) is 11.1 Å². The Kier molecular flexibility index (Phi) is 5.39. The highest BCUT2D eigenvalue weighted by Gasteiger charge is 2.06. The highest BCUT2D eigenvalue weighted by atomic mass is 32.2. The van der Waals surface area contributed by atoms with Crippen molar-refractivity contribution in [2.75, 3.05) is 12.8 Å². The fourth-order valence-corrected chi connectivity index (χ4v) is 1.29. The van der Waals surface area contributed by atoms with Gasteiger partial charge >= 0.3 is 0 Å². The van der Waals surface area contributed by atoms with E-state index in [1.807, 2.05) is 6.07 Å². The molecule has 4 heteroatoms. The van der Waals surface area contributed by atoms with Crippen molar-refractivity contribution in [3.05, 3.63) is 0 Å². The van der Waals surface area contributed by atoms with Gasteiger partial charge in [0, 0.05) is 12.8 Å². The minimum absolute atomic E-state index is 0.223. The molecule has 0 aliphatic heterocycles. The van der Waals surface area contributed by atoms with Crippen molar-refractivity contribution in [1.82, 2.24) is 0 Å². The van der Waals surface area contributed by atoms with Crippen molar-refractivity contribution in [3.8, 4) is 6.07 Å². The van der Waals surface area contributed by atoms with Gasteiger partial charge in [0.25, 0.3) is 0 Å². The average molecular weight is 183 g/mol. The van der Waals surface area contributed by atoms with Crippen molar-refractivity contribution < 1.29 is 0 Å². The summed E-state index contributed by atoms with van der Waals surface area (Å²) in [4.78, 5) is 3.69. The Bertz CT molecular complexity index is 225. The van der Waals surface area contributed by atoms with Gasteiger partial charge in [0.2, 0.25) is 0 Å². The van der Waals surface area contributed by atoms with E-state index in [0.29, 0.717) is 5.92 Å². The number of aliphatic imine (C=N–C) groups is 1. The molecule has 0 radical (unpaired) electrons. The summed E-state index contributed by atoms with van der Waals surface area (Å²) in [6.07, 6.45) is 0. The molecule has 0 amide bonds. The van der Waals surface area contributed by atoms with Gasteiger partial charge in [0.15, 0.2) is 5.71 Å². The normalized spacial score (nSPS) is 11.4. The molecule has 3 nitrogen and oxygen atoms in total. The zero-order valence-corrected chi connectivity index (χ0v) is 8.40. The fraction of sp³-hybridized carbons (Fsp3) is 0.625. The van der Waals surface area contributed by atoms with Crippen molar-refractivity contribution in [3.63, 3.8) is 0 Å². The third kappa shape index (κ3) is 4.14. The molecule has 0 rings (SSSR count). The average Bonchev–Trinajstić information content (AvgIpc) is 2.03. The number of nitriles is 1. The maximum atomic E-state index is 8.53. The topological polar surface area (TPSA) is 60.0 Å². The van der Waals surface area contributed by atoms with Crippen LogP contribution < -0.4 is 0 Å². The summed E-state index contributed by atoms with van der Waals surface area (Å²) in [6.45, 7) is 4.16. The number of nitrogens with one attached hydrogen (secondary N) is 1. The zero-order valence-electron chi connectivity index (χ0n) is 7.59. The smallest absolute Gasteiger partial charge is 0.166 e. The molecule has 0 aliphatic carbocycles. The lowest BCUT2D eigenvalue weighted by molar-refractivity contribution is 0.752. The first kappa shape index (κ1) is 11.2. The van der Waals surface area contributed by atoms with Crippen LogP contribution in [-0.2, 0) is 0 Å². The third-order valence-corrected chi connectivity index (χ3v) is 2.42. The molecule has 0 aromatic rings. The molecule has 0 aromatic heterocycles. The van der Waals surface area contributed by atoms with E-state index in [-0.39, 0.29) is 10.8 Å². The maximum absolute atomic E-state index is 8.53. The Morgan fingerprint density at radius 3 is 2.58 bits per heavy atom. The van der Waals surface area contributed by atoms with E-state index in [0.717, 1.165) is 5.75 Å². The maximum Gasteiger partial charge on any atom is 0.166 e. The molecule has 0 saturated heterocycles. The molecular formula is C8H13N3S. The van der Waals surface area contributed by atoms with Gasteiger partial charge in [-0.2, -0.15) is 5.26 Å². The molecule has 0 unspecified atom stereocenters. The van der Waals surface area contributed by atoms with Crippen LogP contribution in [0.1, 0.15) is 13.8 Å². The van der Waals surface area contributed by atoms with Crippen LogP contribution in [0.4, 0.5) is 0 Å². The van der Waals surface area contributed by atoms with Crippen LogP contribution in [0.5, 0.6) is 0 Å². The number of hydrogen-bond donors (Lipinski definition) is 1. The predicted octanol–water partition coefficient (Wildman–Crippen LogP) is 1.95. The molecule has 1 N–H and O–H groups in total. The van der Waals surface area contributed by atoms with Crippen LogP contribution in [0.2, 0.25) is 0 Å². The lowest BCUT2D eigenvalue weighted by Crippen LogP contribution is -2.08. The summed E-state index contributed by atoms with van der Waals surface area (Å²) in [5.74, 6) is 1.40. The minimum atomic E-state index is 0.223. The molecular weight excluding hydrogens is 170 g/mol. The molecule has 0 aromatic carbocycles. The van der Waals surface area contributed by atoms with Crippen LogP contribution >= 0.6 is 11.8 Å². The molecule has 0 spiro atoms. The van der Waals surface area contributed by atoms with Crippen molar-refractivity contribution in [2.45, 2.75) is 13.8 Å². The number of rotatable bonds is 3. The van der Waals surface area contributed by atoms with Gasteiger partial charge in [-0.1, -0.05) is 13.8 Å². The Morgan fingerprint density at radius 1 is 1.67 bits per heavy atom. The summed E-state index contributed by atoms with van der Waals surface area (Å²) < 4.78 is 0. The SMILES string of the molecule is CN=C(C#N)C(=N)SCC(C)C. The number of hydrogen-bond acceptors (Lipinski definition) is 4. The fourth-order valence-electron chi connectivity index (χ4n) is 0.521. The Morgan fingerprint density at radius 2 is 2.25 bits per heavy atom. The molecule has 0 heterocycles. The van der Waals surface area contributed by atoms with Crippen LogP contribution in [0, 0.1) is 22.7 Å². The molecule has 0 atom stereocenters. The first-order valence-corrected chi connectivity index (χ1v) is 4.69. The largest absolute Gasteiger partial charge is 0.291 e. The lowest BCUT2D eigenvalue weighted by atomic mass is 10.3. The van der Waals surface area contributed by atoms with E-state index < -0.39 is 0 Å². The zero-order chi connectivity index (χ0) is 9.56. The summed E-state index contributed by atoms with van der Waals surface area (Å²) >= 11 is 1.37. The van der Waals surface area contributed by atoms with Crippen LogP contribution in [-0.4, -0.2) is 23.6 Å². The summed E-state index contributed by atoms with van der Waals surface area (Å²) in [6, 6.07) is 1.88. The second-order valence-corrected chi connectivity index (χ2v) is 3.75. The van der Waals surface area contributed by atoms with Crippen molar-refractivity contribution >= 4 is 22.5 Å². The van der Waals surface area contributed by atoms with E-state index in [2.05, 4.69) is 18.8 Å². The van der Waals surface area contributed by atoms with Gasteiger partial charge in [-0.15, -0.1) is 11.8 Å². The number of nitrogens with zero attached hydrogens (tertiary/aromatic N) is 2. The first-order chi connectivity index (χ1) is 5.61. The van der Waals surface area contributed by atoms with Gasteiger partial charge in [-0.25, -0.2) is 0 Å². The molecule has 0 saturated carbocycles. The first-order valence-electron chi connectivity index (χ1n) is 3.70. The van der Waals surface area contributed by atoms with Crippen LogP contribution in [0.15, 0.2) is 4.99 Å². The third-order valence-electron chi connectivity index (χ3n) is 1.11. The van der Waals surface area contributed by atoms with E-state index in [9.17, 15) is 0 Å². The molecule has 66 valence electrons. The quantitative estimate of drug-likeness (QED) is 0.537. The highest BCUT2D eigenvalue weighted by Crippen LogP contribution is 2.09. The van der Waals surface area contributed by atoms with E-state index in [4.69, 9.17) is 10.7 Å². The number of thioether (sulfide) groups is 1.